The molecule has 0 radical (unpaired) electrons. The molecule has 1 aromatic heterocycles. The molecule has 5 aliphatic rings. The Bertz CT molecular complexity index is 502. The Morgan fingerprint density at radius 1 is 1.10 bits per heavy atom. The van der Waals surface area contributed by atoms with Crippen LogP contribution in [0, 0.1) is 17.8 Å². The molecule has 0 amide bonds. The van der Waals surface area contributed by atoms with Crippen molar-refractivity contribution in [1.82, 2.24) is 15.5 Å². The molecule has 1 saturated heterocycles. The highest BCUT2D eigenvalue weighted by Crippen LogP contribution is 2.60. The van der Waals surface area contributed by atoms with Crippen LogP contribution >= 0.6 is 11.8 Å². The number of hydrogen-bond donors (Lipinski definition) is 1. The fraction of sp³-hybridized carbons (Fsp3) is 0.875. The summed E-state index contributed by atoms with van der Waals surface area (Å²) in [5.74, 6) is 6.90. The van der Waals surface area contributed by atoms with E-state index in [2.05, 4.69) is 10.5 Å². The molecule has 1 N–H and O–H groups in total. The molecule has 4 nitrogen and oxygen atoms in total. The van der Waals surface area contributed by atoms with Crippen LogP contribution in [0.3, 0.4) is 0 Å². The van der Waals surface area contributed by atoms with Gasteiger partial charge in [0.2, 0.25) is 5.89 Å². The molecule has 6 rings (SSSR count). The van der Waals surface area contributed by atoms with Gasteiger partial charge in [-0.25, -0.2) is 0 Å². The first kappa shape index (κ1) is 12.9. The molecule has 1 unspecified atom stereocenters. The molecule has 4 aliphatic carbocycles. The number of rotatable bonds is 2. The van der Waals surface area contributed by atoms with E-state index in [4.69, 9.17) is 9.51 Å². The minimum Gasteiger partial charge on any atom is -0.338 e. The van der Waals surface area contributed by atoms with Crippen molar-refractivity contribution in [2.24, 2.45) is 17.8 Å². The lowest BCUT2D eigenvalue weighted by atomic mass is 9.49. The Hall–Kier alpha value is -0.550. The first-order valence-corrected chi connectivity index (χ1v) is 9.61. The first-order valence-electron chi connectivity index (χ1n) is 8.46. The molecule has 4 saturated carbocycles. The van der Waals surface area contributed by atoms with Crippen molar-refractivity contribution in [3.05, 3.63) is 11.7 Å². The summed E-state index contributed by atoms with van der Waals surface area (Å²) in [4.78, 5) is 4.87. The van der Waals surface area contributed by atoms with E-state index in [1.807, 2.05) is 11.8 Å². The van der Waals surface area contributed by atoms with Crippen molar-refractivity contribution in [3.63, 3.8) is 0 Å². The van der Waals surface area contributed by atoms with Gasteiger partial charge < -0.3 is 9.84 Å². The van der Waals surface area contributed by atoms with Crippen LogP contribution in [0.15, 0.2) is 4.52 Å². The molecular weight excluding hydrogens is 282 g/mol. The van der Waals surface area contributed by atoms with Crippen LogP contribution in [0.4, 0.5) is 0 Å². The Morgan fingerprint density at radius 3 is 2.43 bits per heavy atom. The van der Waals surface area contributed by atoms with Crippen LogP contribution in [0.2, 0.25) is 0 Å². The van der Waals surface area contributed by atoms with Crippen LogP contribution in [0.1, 0.15) is 56.3 Å². The van der Waals surface area contributed by atoms with Crippen LogP contribution in [0.25, 0.3) is 0 Å². The molecule has 2 heterocycles. The highest BCUT2D eigenvalue weighted by molar-refractivity contribution is 7.99. The minimum absolute atomic E-state index is 0.262. The largest absolute Gasteiger partial charge is 0.338 e. The number of nitrogens with one attached hydrogen (secondary N) is 1. The third-order valence-electron chi connectivity index (χ3n) is 6.17. The quantitative estimate of drug-likeness (QED) is 0.910. The van der Waals surface area contributed by atoms with Gasteiger partial charge >= 0.3 is 0 Å². The van der Waals surface area contributed by atoms with Crippen molar-refractivity contribution in [3.8, 4) is 0 Å². The smallest absolute Gasteiger partial charge is 0.244 e. The lowest BCUT2D eigenvalue weighted by molar-refractivity contribution is -0.0103. The van der Waals surface area contributed by atoms with Crippen LogP contribution in [0.5, 0.6) is 0 Å². The average Bonchev–Trinajstić information content (AvgIpc) is 2.97. The monoisotopic (exact) mass is 305 g/mol. The summed E-state index contributed by atoms with van der Waals surface area (Å²) in [6.07, 6.45) is 8.32. The zero-order valence-corrected chi connectivity index (χ0v) is 13.2. The molecule has 5 heteroatoms. The molecule has 1 atom stereocenters. The minimum atomic E-state index is 0.262. The van der Waals surface area contributed by atoms with Crippen LogP contribution < -0.4 is 5.32 Å². The van der Waals surface area contributed by atoms with E-state index < -0.39 is 0 Å². The van der Waals surface area contributed by atoms with Gasteiger partial charge in [0.25, 0.3) is 0 Å². The van der Waals surface area contributed by atoms with Gasteiger partial charge in [-0.2, -0.15) is 16.7 Å². The maximum Gasteiger partial charge on any atom is 0.244 e. The maximum absolute atomic E-state index is 5.66. The average molecular weight is 305 g/mol. The number of thioether (sulfide) groups is 1. The summed E-state index contributed by atoms with van der Waals surface area (Å²) in [5, 5.41) is 7.95. The predicted octanol–water partition coefficient (Wildman–Crippen LogP) is 2.91. The van der Waals surface area contributed by atoms with Crippen molar-refractivity contribution in [2.45, 2.75) is 50.0 Å². The van der Waals surface area contributed by atoms with Gasteiger partial charge in [-0.05, 0) is 56.3 Å². The van der Waals surface area contributed by atoms with Gasteiger partial charge in [-0.15, -0.1) is 0 Å². The molecule has 4 bridgehead atoms. The molecular formula is C16H23N3OS. The Labute approximate surface area is 129 Å². The highest BCUT2D eigenvalue weighted by atomic mass is 32.2. The summed E-state index contributed by atoms with van der Waals surface area (Å²) in [7, 11) is 0. The first-order chi connectivity index (χ1) is 10.3. The van der Waals surface area contributed by atoms with Crippen LogP contribution in [-0.4, -0.2) is 28.2 Å². The molecule has 0 spiro atoms. The molecule has 21 heavy (non-hydrogen) atoms. The van der Waals surface area contributed by atoms with Gasteiger partial charge in [0.1, 0.15) is 0 Å². The van der Waals surface area contributed by atoms with Gasteiger partial charge in [0, 0.05) is 23.5 Å². The molecule has 114 valence electrons. The predicted molar refractivity (Wildman–Crippen MR) is 82.2 cm³/mol. The van der Waals surface area contributed by atoms with E-state index in [1.165, 1.54) is 44.3 Å². The van der Waals surface area contributed by atoms with E-state index in [-0.39, 0.29) is 11.5 Å². The summed E-state index contributed by atoms with van der Waals surface area (Å²) in [6.45, 7) is 1.05. The molecule has 1 aliphatic heterocycles. The Balaban J connectivity index is 1.44. The maximum atomic E-state index is 5.66. The number of hydrogen-bond acceptors (Lipinski definition) is 5. The van der Waals surface area contributed by atoms with Crippen molar-refractivity contribution < 1.29 is 4.52 Å². The fourth-order valence-electron chi connectivity index (χ4n) is 5.70. The van der Waals surface area contributed by atoms with E-state index >= 15 is 0 Å². The van der Waals surface area contributed by atoms with Crippen molar-refractivity contribution >= 4 is 11.8 Å². The fourth-order valence-corrected chi connectivity index (χ4v) is 6.63. The summed E-state index contributed by atoms with van der Waals surface area (Å²) in [6, 6.07) is 0.263. The van der Waals surface area contributed by atoms with E-state index in [9.17, 15) is 0 Å². The lowest BCUT2D eigenvalue weighted by Gasteiger charge is -2.55. The molecule has 5 fully saturated rings. The van der Waals surface area contributed by atoms with Gasteiger partial charge in [0.15, 0.2) is 5.82 Å². The van der Waals surface area contributed by atoms with Gasteiger partial charge in [-0.3, -0.25) is 0 Å². The topological polar surface area (TPSA) is 51.0 Å². The Kier molecular flexibility index (Phi) is 2.91. The molecule has 0 aromatic carbocycles. The summed E-state index contributed by atoms with van der Waals surface area (Å²) >= 11 is 1.98. The van der Waals surface area contributed by atoms with E-state index in [0.717, 1.165) is 41.8 Å². The van der Waals surface area contributed by atoms with Crippen LogP contribution in [-0.2, 0) is 5.41 Å². The number of nitrogens with zero attached hydrogens (tertiary/aromatic N) is 2. The lowest BCUT2D eigenvalue weighted by Crippen LogP contribution is -2.49. The summed E-state index contributed by atoms with van der Waals surface area (Å²) < 4.78 is 5.66. The third kappa shape index (κ3) is 2.07. The summed E-state index contributed by atoms with van der Waals surface area (Å²) in [5.41, 5.74) is 0.262. The second-order valence-electron chi connectivity index (χ2n) is 7.74. The molecule has 1 aromatic rings. The second kappa shape index (κ2) is 4.72. The van der Waals surface area contributed by atoms with Gasteiger partial charge in [-0.1, -0.05) is 5.16 Å². The van der Waals surface area contributed by atoms with Gasteiger partial charge in [0.05, 0.1) is 6.04 Å². The highest BCUT2D eigenvalue weighted by Gasteiger charge is 2.53. The van der Waals surface area contributed by atoms with Crippen molar-refractivity contribution in [1.29, 1.82) is 0 Å². The second-order valence-corrected chi connectivity index (χ2v) is 8.89. The normalized spacial score (nSPS) is 45.1. The van der Waals surface area contributed by atoms with E-state index in [1.54, 1.807) is 0 Å². The SMILES string of the molecule is C1CSCC(c2nc(C34CC5CC(CC(C5)C3)C4)no2)N1. The zero-order chi connectivity index (χ0) is 13.9. The van der Waals surface area contributed by atoms with Crippen molar-refractivity contribution in [2.75, 3.05) is 18.1 Å². The number of aromatic nitrogens is 2. The Morgan fingerprint density at radius 2 is 1.81 bits per heavy atom. The third-order valence-corrected chi connectivity index (χ3v) is 7.24. The standard InChI is InChI=1S/C16H23N3OS/c1-2-21-9-13(17-1)14-18-15(19-20-14)16-6-10-3-11(7-16)5-12(4-10)8-16/h10-13,17H,1-9H2. The zero-order valence-electron chi connectivity index (χ0n) is 12.4. The van der Waals surface area contributed by atoms with E-state index in [0.29, 0.717) is 0 Å².